The molecule has 21 heavy (non-hydrogen) atoms. The second-order valence-corrected chi connectivity index (χ2v) is 8.29. The first-order chi connectivity index (χ1) is 9.85. The number of hydrogen-bond acceptors (Lipinski definition) is 1. The van der Waals surface area contributed by atoms with Gasteiger partial charge in [-0.2, -0.15) is 0 Å². The van der Waals surface area contributed by atoms with Crippen molar-refractivity contribution in [3.05, 3.63) is 34.1 Å². The molecule has 0 aromatic heterocycles. The Kier molecular flexibility index (Phi) is 5.84. The van der Waals surface area contributed by atoms with Crippen molar-refractivity contribution in [2.45, 2.75) is 58.4 Å². The molecule has 0 amide bonds. The Bertz CT molecular complexity index is 461. The summed E-state index contributed by atoms with van der Waals surface area (Å²) in [5, 5.41) is 3.62. The van der Waals surface area contributed by atoms with Crippen molar-refractivity contribution < 1.29 is 4.39 Å². The molecule has 1 nitrogen and oxygen atoms in total. The summed E-state index contributed by atoms with van der Waals surface area (Å²) in [4.78, 5) is 0. The van der Waals surface area contributed by atoms with E-state index in [9.17, 15) is 4.39 Å². The van der Waals surface area contributed by atoms with Crippen LogP contribution in [0, 0.1) is 17.7 Å². The van der Waals surface area contributed by atoms with E-state index in [1.165, 1.54) is 25.7 Å². The second-order valence-electron chi connectivity index (χ2n) is 7.38. The molecule has 1 N–H and O–H groups in total. The van der Waals surface area contributed by atoms with E-state index in [0.29, 0.717) is 5.92 Å². The highest BCUT2D eigenvalue weighted by atomic mass is 79.9. The van der Waals surface area contributed by atoms with Crippen molar-refractivity contribution >= 4 is 15.9 Å². The number of rotatable bonds is 5. The topological polar surface area (TPSA) is 12.0 Å². The SMILES string of the molecule is CC(C)(C)NCC(Cc1ccc(Br)cc1F)C1CCCC1. The Labute approximate surface area is 136 Å². The zero-order chi connectivity index (χ0) is 15.5. The van der Waals surface area contributed by atoms with Crippen LogP contribution in [0.2, 0.25) is 0 Å². The van der Waals surface area contributed by atoms with Gasteiger partial charge in [-0.25, -0.2) is 4.39 Å². The Morgan fingerprint density at radius 3 is 2.52 bits per heavy atom. The van der Waals surface area contributed by atoms with Crippen molar-refractivity contribution in [1.29, 1.82) is 0 Å². The van der Waals surface area contributed by atoms with Crippen LogP contribution in [0.15, 0.2) is 22.7 Å². The van der Waals surface area contributed by atoms with Gasteiger partial charge < -0.3 is 5.32 Å². The first-order valence-corrected chi connectivity index (χ1v) is 8.83. The maximum atomic E-state index is 14.1. The fourth-order valence-corrected chi connectivity index (χ4v) is 3.57. The smallest absolute Gasteiger partial charge is 0.127 e. The molecule has 1 fully saturated rings. The van der Waals surface area contributed by atoms with Crippen LogP contribution in [0.4, 0.5) is 4.39 Å². The van der Waals surface area contributed by atoms with Crippen LogP contribution in [-0.4, -0.2) is 12.1 Å². The molecule has 0 heterocycles. The third-order valence-electron chi connectivity index (χ3n) is 4.46. The zero-order valence-electron chi connectivity index (χ0n) is 13.4. The lowest BCUT2D eigenvalue weighted by Gasteiger charge is -2.29. The van der Waals surface area contributed by atoms with Crippen molar-refractivity contribution in [2.75, 3.05) is 6.54 Å². The van der Waals surface area contributed by atoms with Gasteiger partial charge in [0.25, 0.3) is 0 Å². The Balaban J connectivity index is 2.07. The van der Waals surface area contributed by atoms with Crippen molar-refractivity contribution in [1.82, 2.24) is 5.32 Å². The summed E-state index contributed by atoms with van der Waals surface area (Å²) in [7, 11) is 0. The average Bonchev–Trinajstić information content (AvgIpc) is 2.89. The summed E-state index contributed by atoms with van der Waals surface area (Å²) >= 11 is 3.33. The highest BCUT2D eigenvalue weighted by Gasteiger charge is 2.27. The molecule has 0 bridgehead atoms. The van der Waals surface area contributed by atoms with E-state index >= 15 is 0 Å². The largest absolute Gasteiger partial charge is 0.312 e. The Morgan fingerprint density at radius 1 is 1.29 bits per heavy atom. The van der Waals surface area contributed by atoms with Crippen molar-refractivity contribution in [2.24, 2.45) is 11.8 Å². The molecular formula is C18H27BrFN. The molecule has 1 atom stereocenters. The van der Waals surface area contributed by atoms with Crippen molar-refractivity contribution in [3.63, 3.8) is 0 Å². The van der Waals surface area contributed by atoms with Gasteiger partial charge in [-0.3, -0.25) is 0 Å². The monoisotopic (exact) mass is 355 g/mol. The number of halogens is 2. The first kappa shape index (κ1) is 17.0. The van der Waals surface area contributed by atoms with E-state index in [-0.39, 0.29) is 11.4 Å². The summed E-state index contributed by atoms with van der Waals surface area (Å²) in [6.07, 6.45) is 6.11. The molecule has 1 saturated carbocycles. The molecule has 0 radical (unpaired) electrons. The van der Waals surface area contributed by atoms with Gasteiger partial charge in [-0.15, -0.1) is 0 Å². The predicted molar refractivity (Wildman–Crippen MR) is 91.0 cm³/mol. The van der Waals surface area contributed by atoms with Crippen LogP contribution in [0.3, 0.4) is 0 Å². The van der Waals surface area contributed by atoms with Crippen LogP contribution in [-0.2, 0) is 6.42 Å². The van der Waals surface area contributed by atoms with Gasteiger partial charge >= 0.3 is 0 Å². The highest BCUT2D eigenvalue weighted by Crippen LogP contribution is 2.34. The number of hydrogen-bond donors (Lipinski definition) is 1. The molecule has 1 aromatic rings. The molecule has 118 valence electrons. The maximum Gasteiger partial charge on any atom is 0.127 e. The third kappa shape index (κ3) is 5.37. The van der Waals surface area contributed by atoms with Crippen LogP contribution in [0.1, 0.15) is 52.0 Å². The summed E-state index contributed by atoms with van der Waals surface area (Å²) in [6.45, 7) is 7.56. The molecule has 0 saturated heterocycles. The number of benzene rings is 1. The van der Waals surface area contributed by atoms with E-state index < -0.39 is 0 Å². The first-order valence-electron chi connectivity index (χ1n) is 8.04. The van der Waals surface area contributed by atoms with Gasteiger partial charge in [0.2, 0.25) is 0 Å². The average molecular weight is 356 g/mol. The van der Waals surface area contributed by atoms with Gasteiger partial charge in [-0.05, 0) is 63.3 Å². The van der Waals surface area contributed by atoms with Crippen LogP contribution in [0.25, 0.3) is 0 Å². The normalized spacial score (nSPS) is 18.1. The molecule has 3 heteroatoms. The van der Waals surface area contributed by atoms with Crippen LogP contribution < -0.4 is 5.32 Å². The quantitative estimate of drug-likeness (QED) is 0.752. The highest BCUT2D eigenvalue weighted by molar-refractivity contribution is 9.10. The van der Waals surface area contributed by atoms with Gasteiger partial charge in [0.15, 0.2) is 0 Å². The summed E-state index contributed by atoms with van der Waals surface area (Å²) in [5.74, 6) is 1.19. The maximum absolute atomic E-state index is 14.1. The van der Waals surface area contributed by atoms with Crippen LogP contribution >= 0.6 is 15.9 Å². The van der Waals surface area contributed by atoms with Gasteiger partial charge in [0, 0.05) is 10.0 Å². The lowest BCUT2D eigenvalue weighted by atomic mass is 9.85. The van der Waals surface area contributed by atoms with Crippen LogP contribution in [0.5, 0.6) is 0 Å². The summed E-state index contributed by atoms with van der Waals surface area (Å²) in [6, 6.07) is 5.46. The summed E-state index contributed by atoms with van der Waals surface area (Å²) < 4.78 is 14.9. The molecule has 0 aliphatic heterocycles. The molecular weight excluding hydrogens is 329 g/mol. The Hall–Kier alpha value is -0.410. The van der Waals surface area contributed by atoms with E-state index in [0.717, 1.165) is 28.9 Å². The fraction of sp³-hybridized carbons (Fsp3) is 0.667. The molecule has 1 aliphatic rings. The predicted octanol–water partition coefficient (Wildman–Crippen LogP) is 5.33. The standard InChI is InChI=1S/C18H27BrFN/c1-18(2,3)21-12-15(13-6-4-5-7-13)10-14-8-9-16(19)11-17(14)20/h8-9,11,13,15,21H,4-7,10,12H2,1-3H3. The lowest BCUT2D eigenvalue weighted by Crippen LogP contribution is -2.41. The lowest BCUT2D eigenvalue weighted by molar-refractivity contribution is 0.284. The van der Waals surface area contributed by atoms with E-state index in [1.54, 1.807) is 6.07 Å². The van der Waals surface area contributed by atoms with E-state index in [4.69, 9.17) is 0 Å². The summed E-state index contributed by atoms with van der Waals surface area (Å²) in [5.41, 5.74) is 0.973. The number of nitrogens with one attached hydrogen (secondary N) is 1. The molecule has 0 spiro atoms. The van der Waals surface area contributed by atoms with E-state index in [2.05, 4.69) is 42.0 Å². The third-order valence-corrected chi connectivity index (χ3v) is 4.95. The minimum atomic E-state index is -0.0804. The van der Waals surface area contributed by atoms with Gasteiger partial charge in [0.05, 0.1) is 0 Å². The van der Waals surface area contributed by atoms with E-state index in [1.807, 2.05) is 12.1 Å². The Morgan fingerprint density at radius 2 is 1.95 bits per heavy atom. The van der Waals surface area contributed by atoms with Gasteiger partial charge in [-0.1, -0.05) is 47.7 Å². The minimum Gasteiger partial charge on any atom is -0.312 e. The molecule has 2 rings (SSSR count). The van der Waals surface area contributed by atoms with Gasteiger partial charge in [0.1, 0.15) is 5.82 Å². The molecule has 1 unspecified atom stereocenters. The molecule has 1 aliphatic carbocycles. The molecule has 1 aromatic carbocycles. The zero-order valence-corrected chi connectivity index (χ0v) is 15.0. The second kappa shape index (κ2) is 7.23. The fourth-order valence-electron chi connectivity index (χ4n) is 3.24. The minimum absolute atomic E-state index is 0.0804. The van der Waals surface area contributed by atoms with Crippen molar-refractivity contribution in [3.8, 4) is 0 Å².